The third kappa shape index (κ3) is 2.93. The van der Waals surface area contributed by atoms with Crippen LogP contribution in [0.1, 0.15) is 11.1 Å². The second-order valence-electron chi connectivity index (χ2n) is 5.39. The SMILES string of the molecule is Cc1ccc(-c2cccc(Br)c2-c2ccc(C)cc2)cc1. The lowest BCUT2D eigenvalue weighted by Gasteiger charge is -2.13. The average Bonchev–Trinajstić information content (AvgIpc) is 2.49. The molecule has 0 bridgehead atoms. The minimum Gasteiger partial charge on any atom is -0.0605 e. The summed E-state index contributed by atoms with van der Waals surface area (Å²) in [5.74, 6) is 0. The average molecular weight is 337 g/mol. The van der Waals surface area contributed by atoms with E-state index in [1.807, 2.05) is 0 Å². The Kier molecular flexibility index (Phi) is 3.94. The van der Waals surface area contributed by atoms with Crippen LogP contribution in [0, 0.1) is 13.8 Å². The van der Waals surface area contributed by atoms with Crippen molar-refractivity contribution in [2.45, 2.75) is 13.8 Å². The van der Waals surface area contributed by atoms with E-state index in [2.05, 4.69) is 96.5 Å². The third-order valence-corrected chi connectivity index (χ3v) is 4.38. The highest BCUT2D eigenvalue weighted by molar-refractivity contribution is 9.10. The van der Waals surface area contributed by atoms with Gasteiger partial charge < -0.3 is 0 Å². The molecule has 3 aromatic rings. The smallest absolute Gasteiger partial charge is 0.0259 e. The molecule has 3 rings (SSSR count). The Morgan fingerprint density at radius 1 is 0.619 bits per heavy atom. The Morgan fingerprint density at radius 2 is 1.14 bits per heavy atom. The summed E-state index contributed by atoms with van der Waals surface area (Å²) < 4.78 is 1.13. The Balaban J connectivity index is 2.20. The molecule has 0 unspecified atom stereocenters. The fraction of sp³-hybridized carbons (Fsp3) is 0.100. The molecule has 1 heteroatoms. The van der Waals surface area contributed by atoms with E-state index in [1.165, 1.54) is 33.4 Å². The number of halogens is 1. The zero-order chi connectivity index (χ0) is 14.8. The van der Waals surface area contributed by atoms with Gasteiger partial charge in [0.1, 0.15) is 0 Å². The number of aryl methyl sites for hydroxylation is 2. The lowest BCUT2D eigenvalue weighted by Crippen LogP contribution is -1.87. The quantitative estimate of drug-likeness (QED) is 0.507. The predicted octanol–water partition coefficient (Wildman–Crippen LogP) is 6.40. The molecule has 0 atom stereocenters. The monoisotopic (exact) mass is 336 g/mol. The molecule has 0 spiro atoms. The van der Waals surface area contributed by atoms with E-state index in [-0.39, 0.29) is 0 Å². The maximum atomic E-state index is 3.71. The molecule has 21 heavy (non-hydrogen) atoms. The molecule has 0 aromatic heterocycles. The van der Waals surface area contributed by atoms with Crippen molar-refractivity contribution in [1.82, 2.24) is 0 Å². The number of rotatable bonds is 2. The maximum Gasteiger partial charge on any atom is 0.0259 e. The van der Waals surface area contributed by atoms with Gasteiger partial charge in [0.2, 0.25) is 0 Å². The zero-order valence-corrected chi connectivity index (χ0v) is 13.8. The molecule has 0 nitrogen and oxygen atoms in total. The standard InChI is InChI=1S/C20H17Br/c1-14-6-10-16(11-7-14)18-4-3-5-19(21)20(18)17-12-8-15(2)9-13-17/h3-13H,1-2H3. The van der Waals surface area contributed by atoms with E-state index >= 15 is 0 Å². The first-order chi connectivity index (χ1) is 10.1. The van der Waals surface area contributed by atoms with Gasteiger partial charge in [-0.15, -0.1) is 0 Å². The molecule has 0 fully saturated rings. The number of hydrogen-bond acceptors (Lipinski definition) is 0. The molecule has 0 N–H and O–H groups in total. The molecule has 0 saturated carbocycles. The van der Waals surface area contributed by atoms with Crippen LogP contribution in [0.5, 0.6) is 0 Å². The Bertz CT molecular complexity index is 753. The lowest BCUT2D eigenvalue weighted by molar-refractivity contribution is 1.45. The van der Waals surface area contributed by atoms with E-state index in [0.717, 1.165) is 4.47 Å². The van der Waals surface area contributed by atoms with Gasteiger partial charge in [-0.3, -0.25) is 0 Å². The van der Waals surface area contributed by atoms with E-state index in [4.69, 9.17) is 0 Å². The fourth-order valence-electron chi connectivity index (χ4n) is 2.51. The van der Waals surface area contributed by atoms with Gasteiger partial charge in [-0.2, -0.15) is 0 Å². The van der Waals surface area contributed by atoms with Crippen molar-refractivity contribution >= 4 is 15.9 Å². The summed E-state index contributed by atoms with van der Waals surface area (Å²) in [6.07, 6.45) is 0. The van der Waals surface area contributed by atoms with E-state index in [1.54, 1.807) is 0 Å². The first-order valence-electron chi connectivity index (χ1n) is 7.08. The van der Waals surface area contributed by atoms with E-state index < -0.39 is 0 Å². The van der Waals surface area contributed by atoms with Crippen molar-refractivity contribution in [3.63, 3.8) is 0 Å². The van der Waals surface area contributed by atoms with E-state index in [9.17, 15) is 0 Å². The molecule has 0 saturated heterocycles. The molecular formula is C20H17Br. The third-order valence-electron chi connectivity index (χ3n) is 3.72. The van der Waals surface area contributed by atoms with Crippen molar-refractivity contribution in [2.75, 3.05) is 0 Å². The van der Waals surface area contributed by atoms with Crippen LogP contribution in [0.15, 0.2) is 71.2 Å². The van der Waals surface area contributed by atoms with Crippen molar-refractivity contribution in [1.29, 1.82) is 0 Å². The zero-order valence-electron chi connectivity index (χ0n) is 12.2. The first-order valence-corrected chi connectivity index (χ1v) is 7.87. The van der Waals surface area contributed by atoms with Gasteiger partial charge in [-0.1, -0.05) is 87.7 Å². The second kappa shape index (κ2) is 5.87. The number of benzene rings is 3. The van der Waals surface area contributed by atoms with Crippen LogP contribution < -0.4 is 0 Å². The van der Waals surface area contributed by atoms with Gasteiger partial charge in [0.05, 0.1) is 0 Å². The van der Waals surface area contributed by atoms with Crippen molar-refractivity contribution < 1.29 is 0 Å². The van der Waals surface area contributed by atoms with Gasteiger partial charge in [-0.25, -0.2) is 0 Å². The fourth-order valence-corrected chi connectivity index (χ4v) is 3.11. The first kappa shape index (κ1) is 14.1. The van der Waals surface area contributed by atoms with Crippen LogP contribution in [-0.4, -0.2) is 0 Å². The molecule has 0 aliphatic rings. The molecule has 0 aliphatic heterocycles. The van der Waals surface area contributed by atoms with Crippen LogP contribution in [0.4, 0.5) is 0 Å². The van der Waals surface area contributed by atoms with Gasteiger partial charge in [0.25, 0.3) is 0 Å². The van der Waals surface area contributed by atoms with Gasteiger partial charge >= 0.3 is 0 Å². The summed E-state index contributed by atoms with van der Waals surface area (Å²) in [5.41, 5.74) is 7.56. The highest BCUT2D eigenvalue weighted by Crippen LogP contribution is 2.37. The van der Waals surface area contributed by atoms with E-state index in [0.29, 0.717) is 0 Å². The summed E-state index contributed by atoms with van der Waals surface area (Å²) in [5, 5.41) is 0. The van der Waals surface area contributed by atoms with Crippen LogP contribution in [0.25, 0.3) is 22.3 Å². The minimum atomic E-state index is 1.13. The highest BCUT2D eigenvalue weighted by atomic mass is 79.9. The molecule has 0 radical (unpaired) electrons. The van der Waals surface area contributed by atoms with Gasteiger partial charge in [0, 0.05) is 10.0 Å². The second-order valence-corrected chi connectivity index (χ2v) is 6.25. The summed E-state index contributed by atoms with van der Waals surface area (Å²) in [6, 6.07) is 23.8. The maximum absolute atomic E-state index is 3.71. The topological polar surface area (TPSA) is 0 Å². The van der Waals surface area contributed by atoms with Crippen molar-refractivity contribution in [3.05, 3.63) is 82.3 Å². The molecule has 0 aliphatic carbocycles. The summed E-state index contributed by atoms with van der Waals surface area (Å²) >= 11 is 3.71. The summed E-state index contributed by atoms with van der Waals surface area (Å²) in [4.78, 5) is 0. The molecule has 3 aromatic carbocycles. The van der Waals surface area contributed by atoms with Crippen LogP contribution in [-0.2, 0) is 0 Å². The Labute approximate surface area is 134 Å². The van der Waals surface area contributed by atoms with Crippen molar-refractivity contribution in [3.8, 4) is 22.3 Å². The normalized spacial score (nSPS) is 10.6. The van der Waals surface area contributed by atoms with Crippen LogP contribution in [0.2, 0.25) is 0 Å². The van der Waals surface area contributed by atoms with Gasteiger partial charge in [0.15, 0.2) is 0 Å². The van der Waals surface area contributed by atoms with Crippen molar-refractivity contribution in [2.24, 2.45) is 0 Å². The Morgan fingerprint density at radius 3 is 1.71 bits per heavy atom. The molecule has 0 heterocycles. The molecule has 0 amide bonds. The predicted molar refractivity (Wildman–Crippen MR) is 94.5 cm³/mol. The van der Waals surface area contributed by atoms with Gasteiger partial charge in [-0.05, 0) is 36.6 Å². The summed E-state index contributed by atoms with van der Waals surface area (Å²) in [7, 11) is 0. The number of hydrogen-bond donors (Lipinski definition) is 0. The van der Waals surface area contributed by atoms with Crippen LogP contribution >= 0.6 is 15.9 Å². The largest absolute Gasteiger partial charge is 0.0605 e. The molecular weight excluding hydrogens is 320 g/mol. The van der Waals surface area contributed by atoms with Crippen LogP contribution in [0.3, 0.4) is 0 Å². The summed E-state index contributed by atoms with van der Waals surface area (Å²) in [6.45, 7) is 4.23. The lowest BCUT2D eigenvalue weighted by atomic mass is 9.94. The minimum absolute atomic E-state index is 1.13. The Hall–Kier alpha value is -1.86. The molecule has 104 valence electrons. The highest BCUT2D eigenvalue weighted by Gasteiger charge is 2.10.